The lowest BCUT2D eigenvalue weighted by molar-refractivity contribution is -0.132. The molecule has 0 radical (unpaired) electrons. The standard InChI is InChI=1S/C11H16N4O/c1-15-8-9(2-3-11(15)16)14-7-10-6-12-4-5-13-10/h4-6,9,14H,2-3,7-8H2,1H3. The Labute approximate surface area is 94.9 Å². The van der Waals surface area contributed by atoms with Gasteiger partial charge in [0.05, 0.1) is 5.69 Å². The van der Waals surface area contributed by atoms with Crippen LogP contribution in [0.2, 0.25) is 0 Å². The number of hydrogen-bond acceptors (Lipinski definition) is 4. The number of rotatable bonds is 3. The van der Waals surface area contributed by atoms with Gasteiger partial charge in [0.1, 0.15) is 0 Å². The Hall–Kier alpha value is -1.49. The van der Waals surface area contributed by atoms with Crippen molar-refractivity contribution >= 4 is 5.91 Å². The molecule has 0 aromatic carbocycles. The van der Waals surface area contributed by atoms with Crippen molar-refractivity contribution in [3.8, 4) is 0 Å². The van der Waals surface area contributed by atoms with Gasteiger partial charge in [-0.15, -0.1) is 0 Å². The molecule has 0 bridgehead atoms. The zero-order chi connectivity index (χ0) is 11.4. The molecule has 16 heavy (non-hydrogen) atoms. The van der Waals surface area contributed by atoms with Crippen molar-refractivity contribution in [2.24, 2.45) is 0 Å². The minimum Gasteiger partial charge on any atom is -0.344 e. The van der Waals surface area contributed by atoms with Crippen molar-refractivity contribution in [2.45, 2.75) is 25.4 Å². The van der Waals surface area contributed by atoms with Gasteiger partial charge in [-0.25, -0.2) is 0 Å². The van der Waals surface area contributed by atoms with Gasteiger partial charge < -0.3 is 10.2 Å². The summed E-state index contributed by atoms with van der Waals surface area (Å²) in [6.07, 6.45) is 6.65. The first kappa shape index (κ1) is 11.0. The van der Waals surface area contributed by atoms with Gasteiger partial charge >= 0.3 is 0 Å². The molecule has 5 nitrogen and oxygen atoms in total. The fraction of sp³-hybridized carbons (Fsp3) is 0.545. The van der Waals surface area contributed by atoms with E-state index in [1.807, 2.05) is 7.05 Å². The number of aromatic nitrogens is 2. The maximum atomic E-state index is 11.3. The SMILES string of the molecule is CN1CC(NCc2cnccn2)CCC1=O. The Balaban J connectivity index is 1.81. The summed E-state index contributed by atoms with van der Waals surface area (Å²) in [5.74, 6) is 0.234. The molecule has 0 spiro atoms. The Kier molecular flexibility index (Phi) is 3.46. The van der Waals surface area contributed by atoms with Crippen LogP contribution in [-0.2, 0) is 11.3 Å². The molecule has 0 saturated carbocycles. The van der Waals surface area contributed by atoms with Crippen molar-refractivity contribution in [2.75, 3.05) is 13.6 Å². The van der Waals surface area contributed by atoms with Crippen LogP contribution in [0.4, 0.5) is 0 Å². The molecule has 1 aliphatic heterocycles. The van der Waals surface area contributed by atoms with E-state index in [0.29, 0.717) is 19.0 Å². The summed E-state index contributed by atoms with van der Waals surface area (Å²) in [6.45, 7) is 1.49. The van der Waals surface area contributed by atoms with Crippen LogP contribution in [0.3, 0.4) is 0 Å². The van der Waals surface area contributed by atoms with E-state index in [0.717, 1.165) is 18.7 Å². The number of nitrogens with one attached hydrogen (secondary N) is 1. The number of nitrogens with zero attached hydrogens (tertiary/aromatic N) is 3. The highest BCUT2D eigenvalue weighted by molar-refractivity contribution is 5.76. The molecular formula is C11H16N4O. The lowest BCUT2D eigenvalue weighted by atomic mass is 10.1. The van der Waals surface area contributed by atoms with Crippen LogP contribution in [-0.4, -0.2) is 40.4 Å². The van der Waals surface area contributed by atoms with E-state index in [1.54, 1.807) is 23.5 Å². The van der Waals surface area contributed by atoms with Crippen LogP contribution in [0.1, 0.15) is 18.5 Å². The van der Waals surface area contributed by atoms with Crippen LogP contribution in [0.25, 0.3) is 0 Å². The smallest absolute Gasteiger partial charge is 0.222 e. The van der Waals surface area contributed by atoms with Gasteiger partial charge in [0, 0.05) is 51.2 Å². The molecule has 0 aliphatic carbocycles. The van der Waals surface area contributed by atoms with Gasteiger partial charge in [0.25, 0.3) is 0 Å². The van der Waals surface area contributed by atoms with Crippen LogP contribution in [0.5, 0.6) is 0 Å². The van der Waals surface area contributed by atoms with E-state index in [2.05, 4.69) is 15.3 Å². The molecule has 1 atom stereocenters. The quantitative estimate of drug-likeness (QED) is 0.790. The number of piperidine rings is 1. The first-order valence-electron chi connectivity index (χ1n) is 5.48. The average Bonchev–Trinajstić information content (AvgIpc) is 2.32. The Morgan fingerprint density at radius 2 is 2.44 bits per heavy atom. The van der Waals surface area contributed by atoms with Crippen LogP contribution in [0, 0.1) is 0 Å². The Morgan fingerprint density at radius 3 is 3.12 bits per heavy atom. The Morgan fingerprint density at radius 1 is 1.56 bits per heavy atom. The van der Waals surface area contributed by atoms with Crippen LogP contribution >= 0.6 is 0 Å². The minimum absolute atomic E-state index is 0.234. The van der Waals surface area contributed by atoms with E-state index in [-0.39, 0.29) is 5.91 Å². The lowest BCUT2D eigenvalue weighted by Crippen LogP contribution is -2.46. The van der Waals surface area contributed by atoms with Gasteiger partial charge in [-0.05, 0) is 6.42 Å². The lowest BCUT2D eigenvalue weighted by Gasteiger charge is -2.30. The van der Waals surface area contributed by atoms with E-state index in [9.17, 15) is 4.79 Å². The number of amides is 1. The van der Waals surface area contributed by atoms with Gasteiger partial charge in [0.15, 0.2) is 0 Å². The van der Waals surface area contributed by atoms with Crippen molar-refractivity contribution < 1.29 is 4.79 Å². The third-order valence-electron chi connectivity index (χ3n) is 2.82. The third-order valence-corrected chi connectivity index (χ3v) is 2.82. The molecule has 86 valence electrons. The zero-order valence-electron chi connectivity index (χ0n) is 9.39. The first-order valence-corrected chi connectivity index (χ1v) is 5.48. The van der Waals surface area contributed by atoms with E-state index >= 15 is 0 Å². The van der Waals surface area contributed by atoms with Crippen molar-refractivity contribution in [3.63, 3.8) is 0 Å². The van der Waals surface area contributed by atoms with E-state index < -0.39 is 0 Å². The van der Waals surface area contributed by atoms with Crippen molar-refractivity contribution in [1.29, 1.82) is 0 Å². The largest absolute Gasteiger partial charge is 0.344 e. The fourth-order valence-corrected chi connectivity index (χ4v) is 1.85. The summed E-state index contributed by atoms with van der Waals surface area (Å²) in [7, 11) is 1.85. The summed E-state index contributed by atoms with van der Waals surface area (Å²) >= 11 is 0. The summed E-state index contributed by atoms with van der Waals surface area (Å²) in [5.41, 5.74) is 0.932. The Bertz CT molecular complexity index is 354. The minimum atomic E-state index is 0.234. The number of carbonyl (C=O) groups excluding carboxylic acids is 1. The van der Waals surface area contributed by atoms with E-state index in [4.69, 9.17) is 0 Å². The third kappa shape index (κ3) is 2.76. The van der Waals surface area contributed by atoms with Gasteiger partial charge in [-0.2, -0.15) is 0 Å². The monoisotopic (exact) mass is 220 g/mol. The first-order chi connectivity index (χ1) is 7.75. The summed E-state index contributed by atoms with van der Waals surface area (Å²) in [5, 5.41) is 3.39. The van der Waals surface area contributed by atoms with Crippen molar-refractivity contribution in [1.82, 2.24) is 20.2 Å². The maximum absolute atomic E-state index is 11.3. The van der Waals surface area contributed by atoms with Gasteiger partial charge in [-0.1, -0.05) is 0 Å². The molecule has 2 rings (SSSR count). The topological polar surface area (TPSA) is 58.1 Å². The molecule has 1 N–H and O–H groups in total. The molecule has 5 heteroatoms. The predicted molar refractivity (Wildman–Crippen MR) is 59.5 cm³/mol. The second-order valence-corrected chi connectivity index (χ2v) is 4.09. The second-order valence-electron chi connectivity index (χ2n) is 4.09. The highest BCUT2D eigenvalue weighted by Gasteiger charge is 2.22. The highest BCUT2D eigenvalue weighted by Crippen LogP contribution is 2.09. The van der Waals surface area contributed by atoms with Crippen LogP contribution < -0.4 is 5.32 Å². The number of likely N-dealkylation sites (N-methyl/N-ethyl adjacent to an activating group) is 1. The molecule has 1 unspecified atom stereocenters. The molecule has 1 amide bonds. The second kappa shape index (κ2) is 5.03. The number of carbonyl (C=O) groups is 1. The fourth-order valence-electron chi connectivity index (χ4n) is 1.85. The highest BCUT2D eigenvalue weighted by atomic mass is 16.2. The predicted octanol–water partition coefficient (Wildman–Crippen LogP) is 0.187. The zero-order valence-corrected chi connectivity index (χ0v) is 9.39. The normalized spacial score (nSPS) is 21.2. The molecule has 1 saturated heterocycles. The summed E-state index contributed by atoms with van der Waals surface area (Å²) in [6, 6.07) is 0.365. The average molecular weight is 220 g/mol. The van der Waals surface area contributed by atoms with Gasteiger partial charge in [-0.3, -0.25) is 14.8 Å². The van der Waals surface area contributed by atoms with Crippen LogP contribution in [0.15, 0.2) is 18.6 Å². The number of hydrogen-bond donors (Lipinski definition) is 1. The molecule has 1 aromatic heterocycles. The summed E-state index contributed by atoms with van der Waals surface area (Å²) < 4.78 is 0. The molecule has 1 fully saturated rings. The van der Waals surface area contributed by atoms with E-state index in [1.165, 1.54) is 0 Å². The molecular weight excluding hydrogens is 204 g/mol. The van der Waals surface area contributed by atoms with Crippen molar-refractivity contribution in [3.05, 3.63) is 24.3 Å². The number of likely N-dealkylation sites (tertiary alicyclic amines) is 1. The maximum Gasteiger partial charge on any atom is 0.222 e. The molecule has 1 aliphatic rings. The molecule has 1 aromatic rings. The van der Waals surface area contributed by atoms with Gasteiger partial charge in [0.2, 0.25) is 5.91 Å². The summed E-state index contributed by atoms with van der Waals surface area (Å²) in [4.78, 5) is 21.3. The molecule has 2 heterocycles.